The maximum Gasteiger partial charge on any atom is 0.258 e. The number of aromatic nitrogens is 2. The molecule has 2 heterocycles. The third-order valence-corrected chi connectivity index (χ3v) is 5.22. The molecule has 2 amide bonds. The summed E-state index contributed by atoms with van der Waals surface area (Å²) in [5.74, 6) is -0.276. The van der Waals surface area contributed by atoms with Gasteiger partial charge < -0.3 is 10.2 Å². The van der Waals surface area contributed by atoms with Crippen molar-refractivity contribution in [2.45, 2.75) is 0 Å². The molecule has 30 heavy (non-hydrogen) atoms. The fraction of sp³-hybridized carbons (Fsp3) is 0.0870. The molecule has 4 aromatic rings. The SMILES string of the molecule is CNC(=O)c1ccc(-c2cnn3ccc(C(=O)N(C)c4ccc(Cl)cc4)cc23)cc1. The van der Waals surface area contributed by atoms with Gasteiger partial charge in [0, 0.05) is 47.7 Å². The van der Waals surface area contributed by atoms with E-state index in [9.17, 15) is 9.59 Å². The molecule has 0 radical (unpaired) electrons. The van der Waals surface area contributed by atoms with Crippen LogP contribution in [0.1, 0.15) is 20.7 Å². The van der Waals surface area contributed by atoms with Crippen LogP contribution in [-0.4, -0.2) is 35.5 Å². The minimum Gasteiger partial charge on any atom is -0.355 e. The van der Waals surface area contributed by atoms with Crippen LogP contribution < -0.4 is 10.2 Å². The molecule has 0 atom stereocenters. The second-order valence-electron chi connectivity index (χ2n) is 6.80. The lowest BCUT2D eigenvalue weighted by molar-refractivity contribution is 0.0961. The van der Waals surface area contributed by atoms with Gasteiger partial charge in [-0.2, -0.15) is 5.10 Å². The lowest BCUT2D eigenvalue weighted by Gasteiger charge is -2.17. The van der Waals surface area contributed by atoms with Gasteiger partial charge >= 0.3 is 0 Å². The molecule has 0 aliphatic carbocycles. The van der Waals surface area contributed by atoms with E-state index in [1.165, 1.54) is 0 Å². The molecule has 4 rings (SSSR count). The molecule has 6 nitrogen and oxygen atoms in total. The molecular formula is C23H19ClN4O2. The quantitative estimate of drug-likeness (QED) is 0.537. The fourth-order valence-corrected chi connectivity index (χ4v) is 3.38. The number of hydrogen-bond acceptors (Lipinski definition) is 3. The minimum absolute atomic E-state index is 0.137. The smallest absolute Gasteiger partial charge is 0.258 e. The molecule has 0 fully saturated rings. The highest BCUT2D eigenvalue weighted by molar-refractivity contribution is 6.30. The Morgan fingerprint density at radius 3 is 2.37 bits per heavy atom. The first-order chi connectivity index (χ1) is 14.5. The number of amides is 2. The van der Waals surface area contributed by atoms with Gasteiger partial charge in [0.2, 0.25) is 0 Å². The molecular weight excluding hydrogens is 400 g/mol. The van der Waals surface area contributed by atoms with Crippen molar-refractivity contribution in [2.24, 2.45) is 0 Å². The molecule has 2 aromatic carbocycles. The Bertz CT molecular complexity index is 1230. The molecule has 0 spiro atoms. The topological polar surface area (TPSA) is 66.7 Å². The predicted molar refractivity (Wildman–Crippen MR) is 118 cm³/mol. The van der Waals surface area contributed by atoms with Gasteiger partial charge in [0.1, 0.15) is 0 Å². The van der Waals surface area contributed by atoms with E-state index < -0.39 is 0 Å². The Morgan fingerprint density at radius 2 is 1.70 bits per heavy atom. The number of benzene rings is 2. The summed E-state index contributed by atoms with van der Waals surface area (Å²) in [5, 5.41) is 7.60. The van der Waals surface area contributed by atoms with Gasteiger partial charge in [-0.05, 0) is 54.1 Å². The second kappa shape index (κ2) is 8.00. The van der Waals surface area contributed by atoms with E-state index in [0.29, 0.717) is 16.1 Å². The van der Waals surface area contributed by atoms with Crippen LogP contribution in [0, 0.1) is 0 Å². The summed E-state index contributed by atoms with van der Waals surface area (Å²) in [5.41, 5.74) is 4.47. The number of fused-ring (bicyclic) bond motifs is 1. The van der Waals surface area contributed by atoms with Crippen LogP contribution >= 0.6 is 11.6 Å². The summed E-state index contributed by atoms with van der Waals surface area (Å²) in [7, 11) is 3.33. The van der Waals surface area contributed by atoms with Crippen molar-refractivity contribution in [1.29, 1.82) is 0 Å². The average Bonchev–Trinajstić information content (AvgIpc) is 3.21. The first kappa shape index (κ1) is 19.7. The number of anilines is 1. The number of carbonyl (C=O) groups excluding carboxylic acids is 2. The molecule has 1 N–H and O–H groups in total. The summed E-state index contributed by atoms with van der Waals surface area (Å²) in [6.07, 6.45) is 3.52. The van der Waals surface area contributed by atoms with E-state index in [1.807, 2.05) is 18.2 Å². The summed E-state index contributed by atoms with van der Waals surface area (Å²) < 4.78 is 1.72. The Hall–Kier alpha value is -3.64. The molecule has 0 unspecified atom stereocenters. The van der Waals surface area contributed by atoms with Crippen molar-refractivity contribution in [1.82, 2.24) is 14.9 Å². The molecule has 0 saturated heterocycles. The molecule has 0 aliphatic rings. The fourth-order valence-electron chi connectivity index (χ4n) is 3.26. The van der Waals surface area contributed by atoms with Crippen molar-refractivity contribution in [3.8, 4) is 11.1 Å². The van der Waals surface area contributed by atoms with E-state index >= 15 is 0 Å². The Labute approximate surface area is 178 Å². The molecule has 2 aromatic heterocycles. The maximum atomic E-state index is 13.0. The van der Waals surface area contributed by atoms with Crippen LogP contribution in [-0.2, 0) is 0 Å². The van der Waals surface area contributed by atoms with Crippen molar-refractivity contribution in [3.05, 3.63) is 89.2 Å². The first-order valence-electron chi connectivity index (χ1n) is 9.31. The summed E-state index contributed by atoms with van der Waals surface area (Å²) in [6.45, 7) is 0. The van der Waals surface area contributed by atoms with Crippen molar-refractivity contribution >= 4 is 34.6 Å². The van der Waals surface area contributed by atoms with Gasteiger partial charge in [0.25, 0.3) is 11.8 Å². The largest absolute Gasteiger partial charge is 0.355 e. The van der Waals surface area contributed by atoms with Gasteiger partial charge in [-0.3, -0.25) is 9.59 Å². The predicted octanol–water partition coefficient (Wildman–Crippen LogP) is 4.29. The minimum atomic E-state index is -0.139. The van der Waals surface area contributed by atoms with Gasteiger partial charge in [0.05, 0.1) is 11.7 Å². The lowest BCUT2D eigenvalue weighted by atomic mass is 10.0. The monoisotopic (exact) mass is 418 g/mol. The van der Waals surface area contributed by atoms with E-state index in [0.717, 1.165) is 22.3 Å². The lowest BCUT2D eigenvalue weighted by Crippen LogP contribution is -2.26. The number of halogens is 1. The van der Waals surface area contributed by atoms with Gasteiger partial charge in [0.15, 0.2) is 0 Å². The zero-order chi connectivity index (χ0) is 21.3. The second-order valence-corrected chi connectivity index (χ2v) is 7.24. The highest BCUT2D eigenvalue weighted by atomic mass is 35.5. The van der Waals surface area contributed by atoms with Crippen LogP contribution in [0.15, 0.2) is 73.1 Å². The summed E-state index contributed by atoms with van der Waals surface area (Å²) in [4.78, 5) is 26.4. The highest BCUT2D eigenvalue weighted by Gasteiger charge is 2.16. The van der Waals surface area contributed by atoms with Crippen LogP contribution in [0.5, 0.6) is 0 Å². The van der Waals surface area contributed by atoms with Gasteiger partial charge in [-0.1, -0.05) is 23.7 Å². The van der Waals surface area contributed by atoms with Gasteiger partial charge in [-0.15, -0.1) is 0 Å². The van der Waals surface area contributed by atoms with E-state index in [1.54, 1.807) is 78.4 Å². The molecule has 0 bridgehead atoms. The van der Waals surface area contributed by atoms with Crippen LogP contribution in [0.2, 0.25) is 5.02 Å². The van der Waals surface area contributed by atoms with Crippen LogP contribution in [0.25, 0.3) is 16.6 Å². The Morgan fingerprint density at radius 1 is 1.00 bits per heavy atom. The third-order valence-electron chi connectivity index (χ3n) is 4.97. The number of pyridine rings is 1. The van der Waals surface area contributed by atoms with Crippen molar-refractivity contribution in [2.75, 3.05) is 19.0 Å². The van der Waals surface area contributed by atoms with Crippen LogP contribution in [0.4, 0.5) is 5.69 Å². The number of carbonyl (C=O) groups is 2. The van der Waals surface area contributed by atoms with Gasteiger partial charge in [-0.25, -0.2) is 4.52 Å². The summed E-state index contributed by atoms with van der Waals surface area (Å²) >= 11 is 5.94. The number of hydrogen-bond donors (Lipinski definition) is 1. The van der Waals surface area contributed by atoms with Crippen molar-refractivity contribution in [3.63, 3.8) is 0 Å². The Balaban J connectivity index is 1.68. The van der Waals surface area contributed by atoms with E-state index in [-0.39, 0.29) is 11.8 Å². The van der Waals surface area contributed by atoms with Crippen LogP contribution in [0.3, 0.4) is 0 Å². The standard InChI is InChI=1S/C23H19ClN4O2/c1-25-22(29)16-5-3-15(4-6-16)20-14-26-28-12-11-17(13-21(20)28)23(30)27(2)19-9-7-18(24)8-10-19/h3-14H,1-2H3,(H,25,29). The normalized spacial score (nSPS) is 10.8. The first-order valence-corrected chi connectivity index (χ1v) is 9.69. The number of nitrogens with zero attached hydrogens (tertiary/aromatic N) is 3. The average molecular weight is 419 g/mol. The van der Waals surface area contributed by atoms with Crippen molar-refractivity contribution < 1.29 is 9.59 Å². The Kier molecular flexibility index (Phi) is 5.25. The molecule has 150 valence electrons. The number of rotatable bonds is 4. The number of nitrogens with one attached hydrogen (secondary N) is 1. The molecule has 0 aliphatic heterocycles. The summed E-state index contributed by atoms with van der Waals surface area (Å²) in [6, 6.07) is 17.9. The zero-order valence-electron chi connectivity index (χ0n) is 16.5. The molecule has 0 saturated carbocycles. The maximum absolute atomic E-state index is 13.0. The van der Waals surface area contributed by atoms with E-state index in [2.05, 4.69) is 10.4 Å². The highest BCUT2D eigenvalue weighted by Crippen LogP contribution is 2.26. The van der Waals surface area contributed by atoms with E-state index in [4.69, 9.17) is 11.6 Å². The third kappa shape index (κ3) is 3.65. The molecule has 7 heteroatoms. The zero-order valence-corrected chi connectivity index (χ0v) is 17.2.